The summed E-state index contributed by atoms with van der Waals surface area (Å²) < 4.78 is 0. The summed E-state index contributed by atoms with van der Waals surface area (Å²) in [4.78, 5) is 19.7. The Labute approximate surface area is 151 Å². The highest BCUT2D eigenvalue weighted by atomic mass is 16.2. The number of carbonyl (C=O) groups is 1. The summed E-state index contributed by atoms with van der Waals surface area (Å²) in [6.07, 6.45) is 4.02. The van der Waals surface area contributed by atoms with E-state index in [9.17, 15) is 4.79 Å². The third kappa shape index (κ3) is 3.10. The number of nitrogens with one attached hydrogen (secondary N) is 1. The second-order valence-electron chi connectivity index (χ2n) is 7.85. The minimum Gasteiger partial charge on any atom is -0.373 e. The highest BCUT2D eigenvalue weighted by molar-refractivity contribution is 5.93. The van der Waals surface area contributed by atoms with E-state index in [0.29, 0.717) is 11.8 Å². The summed E-state index contributed by atoms with van der Waals surface area (Å²) in [7, 11) is 2.06. The normalized spacial score (nSPS) is 28.6. The van der Waals surface area contributed by atoms with E-state index in [0.717, 1.165) is 37.1 Å². The Morgan fingerprint density at radius 1 is 1.24 bits per heavy atom. The number of likely N-dealkylation sites (tertiary alicyclic amines) is 1. The van der Waals surface area contributed by atoms with Crippen molar-refractivity contribution in [2.24, 2.45) is 11.8 Å². The quantitative estimate of drug-likeness (QED) is 0.917. The van der Waals surface area contributed by atoms with Crippen LogP contribution in [0.25, 0.3) is 0 Å². The highest BCUT2D eigenvalue weighted by Crippen LogP contribution is 2.40. The summed E-state index contributed by atoms with van der Waals surface area (Å²) in [6.45, 7) is 7.32. The van der Waals surface area contributed by atoms with E-state index < -0.39 is 0 Å². The first-order chi connectivity index (χ1) is 12.2. The number of hydrogen-bond donors (Lipinski definition) is 1. The predicted octanol–water partition coefficient (Wildman–Crippen LogP) is 3.09. The van der Waals surface area contributed by atoms with Crippen molar-refractivity contribution in [3.8, 4) is 0 Å². The molecule has 0 unspecified atom stereocenters. The van der Waals surface area contributed by atoms with Crippen molar-refractivity contribution in [1.29, 1.82) is 0 Å². The van der Waals surface area contributed by atoms with Gasteiger partial charge in [-0.1, -0.05) is 18.6 Å². The number of nitrogens with zero attached hydrogens (tertiary/aromatic N) is 3. The van der Waals surface area contributed by atoms with Gasteiger partial charge >= 0.3 is 6.03 Å². The molecular weight excluding hydrogens is 312 g/mol. The lowest BCUT2D eigenvalue weighted by atomic mass is 9.90. The maximum atomic E-state index is 12.9. The summed E-state index contributed by atoms with van der Waals surface area (Å²) in [6, 6.07) is 8.86. The molecule has 3 heterocycles. The number of carbonyl (C=O) groups excluding carboxylic acids is 1. The average molecular weight is 342 g/mol. The fourth-order valence-electron chi connectivity index (χ4n) is 5.00. The van der Waals surface area contributed by atoms with Crippen LogP contribution in [0.1, 0.15) is 26.2 Å². The maximum absolute atomic E-state index is 12.9. The van der Waals surface area contributed by atoms with Gasteiger partial charge in [-0.3, -0.25) is 4.90 Å². The maximum Gasteiger partial charge on any atom is 0.321 e. The molecule has 3 fully saturated rings. The number of amides is 2. The van der Waals surface area contributed by atoms with Crippen molar-refractivity contribution >= 4 is 17.4 Å². The van der Waals surface area contributed by atoms with Gasteiger partial charge in [-0.2, -0.15) is 0 Å². The van der Waals surface area contributed by atoms with Crippen LogP contribution in [0, 0.1) is 11.8 Å². The fourth-order valence-corrected chi connectivity index (χ4v) is 5.00. The summed E-state index contributed by atoms with van der Waals surface area (Å²) in [5.74, 6) is 1.35. The Hall–Kier alpha value is -1.75. The standard InChI is InChI=1S/C20H30N4O/c1-3-22(2)19-10-5-4-8-17(19)21-20(25)24-13-15-12-23-11-7-6-9-18(23)16(15)14-24/h4-5,8,10,15-16,18H,3,6-7,9,11-14H2,1-2H3,(H,21,25)/t15-,16-,18+/m0/s1. The molecular formula is C20H30N4O. The van der Waals surface area contributed by atoms with Gasteiger partial charge < -0.3 is 15.1 Å². The lowest BCUT2D eigenvalue weighted by molar-refractivity contribution is 0.157. The smallest absolute Gasteiger partial charge is 0.321 e. The zero-order valence-electron chi connectivity index (χ0n) is 15.4. The van der Waals surface area contributed by atoms with Gasteiger partial charge in [0.1, 0.15) is 0 Å². The van der Waals surface area contributed by atoms with Gasteiger partial charge in [-0.05, 0) is 50.3 Å². The molecule has 0 aromatic heterocycles. The van der Waals surface area contributed by atoms with Gasteiger partial charge in [-0.25, -0.2) is 4.79 Å². The van der Waals surface area contributed by atoms with Gasteiger partial charge in [0.05, 0.1) is 11.4 Å². The largest absolute Gasteiger partial charge is 0.373 e. The number of fused-ring (bicyclic) bond motifs is 3. The van der Waals surface area contributed by atoms with Gasteiger partial charge in [0.15, 0.2) is 0 Å². The molecule has 0 saturated carbocycles. The molecule has 25 heavy (non-hydrogen) atoms. The molecule has 5 heteroatoms. The van der Waals surface area contributed by atoms with Crippen molar-refractivity contribution in [2.75, 3.05) is 50.0 Å². The van der Waals surface area contributed by atoms with Crippen molar-refractivity contribution in [2.45, 2.75) is 32.2 Å². The first-order valence-electron chi connectivity index (χ1n) is 9.77. The highest BCUT2D eigenvalue weighted by Gasteiger charge is 2.48. The summed E-state index contributed by atoms with van der Waals surface area (Å²) in [5.41, 5.74) is 1.99. The van der Waals surface area contributed by atoms with Crippen LogP contribution in [0.5, 0.6) is 0 Å². The molecule has 1 aromatic rings. The zero-order chi connectivity index (χ0) is 17.4. The van der Waals surface area contributed by atoms with Gasteiger partial charge in [0.25, 0.3) is 0 Å². The van der Waals surface area contributed by atoms with Crippen LogP contribution in [0.4, 0.5) is 16.2 Å². The average Bonchev–Trinajstić information content (AvgIpc) is 3.19. The Kier molecular flexibility index (Phi) is 4.59. The van der Waals surface area contributed by atoms with Crippen LogP contribution in [0.3, 0.4) is 0 Å². The number of rotatable bonds is 3. The lowest BCUT2D eigenvalue weighted by Gasteiger charge is -2.33. The van der Waals surface area contributed by atoms with E-state index in [4.69, 9.17) is 0 Å². The molecule has 3 aliphatic heterocycles. The summed E-state index contributed by atoms with van der Waals surface area (Å²) >= 11 is 0. The van der Waals surface area contributed by atoms with Gasteiger partial charge in [0, 0.05) is 39.3 Å². The van der Waals surface area contributed by atoms with E-state index >= 15 is 0 Å². The van der Waals surface area contributed by atoms with Crippen molar-refractivity contribution < 1.29 is 4.79 Å². The number of anilines is 2. The van der Waals surface area contributed by atoms with Crippen LogP contribution < -0.4 is 10.2 Å². The second kappa shape index (κ2) is 6.87. The van der Waals surface area contributed by atoms with Crippen molar-refractivity contribution in [3.63, 3.8) is 0 Å². The molecule has 1 N–H and O–H groups in total. The van der Waals surface area contributed by atoms with Gasteiger partial charge in [-0.15, -0.1) is 0 Å². The minimum absolute atomic E-state index is 0.0636. The first-order valence-corrected chi connectivity index (χ1v) is 9.77. The number of benzene rings is 1. The van der Waals surface area contributed by atoms with E-state index in [-0.39, 0.29) is 6.03 Å². The zero-order valence-corrected chi connectivity index (χ0v) is 15.4. The monoisotopic (exact) mass is 342 g/mol. The van der Waals surface area contributed by atoms with Crippen LogP contribution in [0.15, 0.2) is 24.3 Å². The summed E-state index contributed by atoms with van der Waals surface area (Å²) in [5, 5.41) is 3.16. The third-order valence-electron chi connectivity index (χ3n) is 6.44. The number of para-hydroxylation sites is 2. The lowest BCUT2D eigenvalue weighted by Crippen LogP contribution is -2.42. The molecule has 3 atom stereocenters. The van der Waals surface area contributed by atoms with Crippen LogP contribution in [-0.2, 0) is 0 Å². The third-order valence-corrected chi connectivity index (χ3v) is 6.44. The van der Waals surface area contributed by atoms with Crippen molar-refractivity contribution in [1.82, 2.24) is 9.80 Å². The van der Waals surface area contributed by atoms with E-state index in [1.54, 1.807) is 0 Å². The number of piperidine rings is 1. The second-order valence-corrected chi connectivity index (χ2v) is 7.85. The molecule has 5 nitrogen and oxygen atoms in total. The minimum atomic E-state index is 0.0636. The number of hydrogen-bond acceptors (Lipinski definition) is 3. The van der Waals surface area contributed by atoms with Gasteiger partial charge in [0.2, 0.25) is 0 Å². The molecule has 4 rings (SSSR count). The Bertz CT molecular complexity index is 634. The van der Waals surface area contributed by atoms with E-state index in [2.05, 4.69) is 35.2 Å². The molecule has 0 radical (unpaired) electrons. The Balaban J connectivity index is 1.42. The number of urea groups is 1. The molecule has 2 amide bonds. The molecule has 1 aromatic carbocycles. The first kappa shape index (κ1) is 16.7. The SMILES string of the molecule is CCN(C)c1ccccc1NC(=O)N1C[C@@H]2CN3CCCC[C@@H]3[C@H]2C1. The van der Waals surface area contributed by atoms with Crippen LogP contribution >= 0.6 is 0 Å². The Morgan fingerprint density at radius 3 is 2.92 bits per heavy atom. The van der Waals surface area contributed by atoms with Crippen LogP contribution in [0.2, 0.25) is 0 Å². The molecule has 136 valence electrons. The van der Waals surface area contributed by atoms with Crippen molar-refractivity contribution in [3.05, 3.63) is 24.3 Å². The molecule has 3 aliphatic rings. The fraction of sp³-hybridized carbons (Fsp3) is 0.650. The van der Waals surface area contributed by atoms with Crippen LogP contribution in [-0.4, -0.2) is 61.6 Å². The topological polar surface area (TPSA) is 38.8 Å². The Morgan fingerprint density at radius 2 is 2.08 bits per heavy atom. The predicted molar refractivity (Wildman–Crippen MR) is 102 cm³/mol. The van der Waals surface area contributed by atoms with E-state index in [1.807, 2.05) is 23.1 Å². The molecule has 3 saturated heterocycles. The molecule has 0 bridgehead atoms. The van der Waals surface area contributed by atoms with E-state index in [1.165, 1.54) is 32.4 Å². The molecule has 0 aliphatic carbocycles. The molecule has 0 spiro atoms.